The third kappa shape index (κ3) is 5.66. The molecule has 1 aliphatic rings. The van der Waals surface area contributed by atoms with Crippen LogP contribution in [0.1, 0.15) is 18.9 Å². The molecule has 1 atom stereocenters. The van der Waals surface area contributed by atoms with Crippen LogP contribution in [0, 0.1) is 0 Å². The van der Waals surface area contributed by atoms with Crippen molar-refractivity contribution in [2.45, 2.75) is 25.9 Å². The van der Waals surface area contributed by atoms with Crippen LogP contribution in [-0.4, -0.2) is 43.6 Å². The summed E-state index contributed by atoms with van der Waals surface area (Å²) >= 11 is 0. The normalized spacial score (nSPS) is 15.8. The Balaban J connectivity index is 0.00000200. The second-order valence-electron chi connectivity index (χ2n) is 5.14. The number of nitrogens with zero attached hydrogens (tertiary/aromatic N) is 2. The molecule has 112 valence electrons. The lowest BCUT2D eigenvalue weighted by atomic mass is 10.2. The van der Waals surface area contributed by atoms with Gasteiger partial charge in [-0.15, -0.1) is 24.0 Å². The summed E-state index contributed by atoms with van der Waals surface area (Å²) < 4.78 is 0. The molecule has 5 heteroatoms. The number of rotatable bonds is 5. The molecule has 0 saturated carbocycles. The van der Waals surface area contributed by atoms with Crippen LogP contribution in [0.4, 0.5) is 0 Å². The smallest absolute Gasteiger partial charge is 0.191 e. The maximum atomic E-state index is 4.42. The first-order valence-electron chi connectivity index (χ1n) is 7.02. The van der Waals surface area contributed by atoms with Gasteiger partial charge < -0.3 is 10.6 Å². The third-order valence-corrected chi connectivity index (χ3v) is 3.49. The maximum absolute atomic E-state index is 4.42. The fourth-order valence-corrected chi connectivity index (χ4v) is 2.08. The van der Waals surface area contributed by atoms with Gasteiger partial charge >= 0.3 is 0 Å². The van der Waals surface area contributed by atoms with Gasteiger partial charge in [-0.25, -0.2) is 0 Å². The van der Waals surface area contributed by atoms with Gasteiger partial charge in [0.25, 0.3) is 0 Å². The quantitative estimate of drug-likeness (QED) is 0.759. The van der Waals surface area contributed by atoms with E-state index in [1.54, 1.807) is 0 Å². The molecule has 1 unspecified atom stereocenters. The molecule has 0 saturated heterocycles. The van der Waals surface area contributed by atoms with Gasteiger partial charge in [-0.05, 0) is 26.0 Å². The first kappa shape index (κ1) is 17.2. The summed E-state index contributed by atoms with van der Waals surface area (Å²) in [6.45, 7) is 6.09. The number of hydrogen-bond donors (Lipinski definition) is 2. The van der Waals surface area contributed by atoms with Gasteiger partial charge in [-0.3, -0.25) is 9.89 Å². The molecule has 20 heavy (non-hydrogen) atoms. The second kappa shape index (κ2) is 9.18. The average molecular weight is 388 g/mol. The minimum absolute atomic E-state index is 0. The fraction of sp³-hybridized carbons (Fsp3) is 0.533. The number of guanidine groups is 1. The number of halogens is 1. The molecule has 1 aliphatic heterocycles. The van der Waals surface area contributed by atoms with Gasteiger partial charge in [-0.2, -0.15) is 0 Å². The molecule has 0 radical (unpaired) electrons. The summed E-state index contributed by atoms with van der Waals surface area (Å²) in [4.78, 5) is 6.77. The van der Waals surface area contributed by atoms with Gasteiger partial charge in [0, 0.05) is 32.2 Å². The largest absolute Gasteiger partial charge is 0.356 e. The highest BCUT2D eigenvalue weighted by molar-refractivity contribution is 14.0. The van der Waals surface area contributed by atoms with E-state index in [4.69, 9.17) is 0 Å². The zero-order valence-electron chi connectivity index (χ0n) is 12.3. The lowest BCUT2D eigenvalue weighted by Gasteiger charge is -2.26. The highest BCUT2D eigenvalue weighted by Crippen LogP contribution is 2.05. The summed E-state index contributed by atoms with van der Waals surface area (Å²) in [5, 5.41) is 6.67. The van der Waals surface area contributed by atoms with Crippen LogP contribution in [-0.2, 0) is 6.54 Å². The number of nitrogens with one attached hydrogen (secondary N) is 2. The average Bonchev–Trinajstić information content (AvgIpc) is 2.47. The van der Waals surface area contributed by atoms with Crippen molar-refractivity contribution in [3.63, 3.8) is 0 Å². The molecular weight excluding hydrogens is 363 g/mol. The van der Waals surface area contributed by atoms with E-state index in [0.29, 0.717) is 6.04 Å². The standard InChI is InChI=1S/C15H24N4.HI/c1-13(11-18-15-16-9-6-10-17-15)19(2)12-14-7-4-3-5-8-14;/h3-5,7-8,13H,6,9-12H2,1-2H3,(H2,16,17,18);1H. The molecule has 1 aromatic rings. The number of likely N-dealkylation sites (N-methyl/N-ethyl adjacent to an activating group) is 1. The summed E-state index contributed by atoms with van der Waals surface area (Å²) in [5.74, 6) is 0.950. The van der Waals surface area contributed by atoms with Gasteiger partial charge in [0.2, 0.25) is 0 Å². The van der Waals surface area contributed by atoms with Crippen LogP contribution >= 0.6 is 24.0 Å². The topological polar surface area (TPSA) is 39.7 Å². The Bertz CT molecular complexity index is 408. The predicted octanol–water partition coefficient (Wildman–Crippen LogP) is 2.06. The second-order valence-corrected chi connectivity index (χ2v) is 5.14. The van der Waals surface area contributed by atoms with Crippen molar-refractivity contribution in [2.75, 3.05) is 26.7 Å². The minimum atomic E-state index is 0. The third-order valence-electron chi connectivity index (χ3n) is 3.49. The van der Waals surface area contributed by atoms with E-state index in [2.05, 4.69) is 64.8 Å². The summed E-state index contributed by atoms with van der Waals surface area (Å²) in [6, 6.07) is 11.0. The van der Waals surface area contributed by atoms with Crippen LogP contribution in [0.25, 0.3) is 0 Å². The van der Waals surface area contributed by atoms with Gasteiger partial charge in [0.1, 0.15) is 0 Å². The lowest BCUT2D eigenvalue weighted by molar-refractivity contribution is 0.249. The molecule has 0 spiro atoms. The first-order chi connectivity index (χ1) is 9.25. The Morgan fingerprint density at radius 1 is 1.35 bits per heavy atom. The van der Waals surface area contributed by atoms with E-state index in [9.17, 15) is 0 Å². The molecule has 4 nitrogen and oxygen atoms in total. The molecule has 0 fully saturated rings. The molecule has 0 amide bonds. The fourth-order valence-electron chi connectivity index (χ4n) is 2.08. The summed E-state index contributed by atoms with van der Waals surface area (Å²) in [6.07, 6.45) is 1.13. The van der Waals surface area contributed by atoms with Crippen molar-refractivity contribution >= 4 is 29.9 Å². The van der Waals surface area contributed by atoms with E-state index in [0.717, 1.165) is 38.6 Å². The summed E-state index contributed by atoms with van der Waals surface area (Å²) in [5.41, 5.74) is 1.35. The molecular formula is C15H25IN4. The maximum Gasteiger partial charge on any atom is 0.191 e. The Morgan fingerprint density at radius 3 is 2.75 bits per heavy atom. The van der Waals surface area contributed by atoms with Crippen molar-refractivity contribution in [3.8, 4) is 0 Å². The Labute approximate surface area is 139 Å². The zero-order valence-corrected chi connectivity index (χ0v) is 14.6. The highest BCUT2D eigenvalue weighted by atomic mass is 127. The van der Waals surface area contributed by atoms with E-state index >= 15 is 0 Å². The molecule has 1 aromatic carbocycles. The van der Waals surface area contributed by atoms with Crippen LogP contribution in [0.2, 0.25) is 0 Å². The van der Waals surface area contributed by atoms with E-state index < -0.39 is 0 Å². The minimum Gasteiger partial charge on any atom is -0.356 e. The SMILES string of the molecule is CC(CNC1=NCCCN1)N(C)Cc1ccccc1.I. The van der Waals surface area contributed by atoms with Crippen molar-refractivity contribution in [3.05, 3.63) is 35.9 Å². The van der Waals surface area contributed by atoms with Gasteiger partial charge in [-0.1, -0.05) is 30.3 Å². The summed E-state index contributed by atoms with van der Waals surface area (Å²) in [7, 11) is 2.16. The Hall–Kier alpha value is -0.820. The van der Waals surface area contributed by atoms with E-state index in [1.165, 1.54) is 5.56 Å². The monoisotopic (exact) mass is 388 g/mol. The van der Waals surface area contributed by atoms with Crippen molar-refractivity contribution < 1.29 is 0 Å². The lowest BCUT2D eigenvalue weighted by Crippen LogP contribution is -2.46. The molecule has 2 N–H and O–H groups in total. The number of aliphatic imine (C=N–C) groups is 1. The molecule has 1 heterocycles. The van der Waals surface area contributed by atoms with E-state index in [1.807, 2.05) is 0 Å². The molecule has 0 aliphatic carbocycles. The Kier molecular flexibility index (Phi) is 7.91. The van der Waals surface area contributed by atoms with Gasteiger partial charge in [0.15, 0.2) is 5.96 Å². The van der Waals surface area contributed by atoms with Crippen molar-refractivity contribution in [2.24, 2.45) is 4.99 Å². The Morgan fingerprint density at radius 2 is 2.10 bits per heavy atom. The van der Waals surface area contributed by atoms with Crippen LogP contribution < -0.4 is 10.6 Å². The predicted molar refractivity (Wildman–Crippen MR) is 95.7 cm³/mol. The zero-order chi connectivity index (χ0) is 13.5. The first-order valence-corrected chi connectivity index (χ1v) is 7.02. The number of benzene rings is 1. The van der Waals surface area contributed by atoms with Crippen molar-refractivity contribution in [1.82, 2.24) is 15.5 Å². The number of hydrogen-bond acceptors (Lipinski definition) is 4. The van der Waals surface area contributed by atoms with Crippen LogP contribution in [0.5, 0.6) is 0 Å². The molecule has 0 bridgehead atoms. The van der Waals surface area contributed by atoms with E-state index in [-0.39, 0.29) is 24.0 Å². The highest BCUT2D eigenvalue weighted by Gasteiger charge is 2.11. The van der Waals surface area contributed by atoms with Crippen LogP contribution in [0.15, 0.2) is 35.3 Å². The van der Waals surface area contributed by atoms with Crippen LogP contribution in [0.3, 0.4) is 0 Å². The van der Waals surface area contributed by atoms with Gasteiger partial charge in [0.05, 0.1) is 0 Å². The molecule has 2 rings (SSSR count). The van der Waals surface area contributed by atoms with Crippen molar-refractivity contribution in [1.29, 1.82) is 0 Å². The molecule has 0 aromatic heterocycles.